The number of anilines is 1. The van der Waals surface area contributed by atoms with E-state index in [2.05, 4.69) is 10.6 Å². The van der Waals surface area contributed by atoms with Crippen LogP contribution in [0.4, 0.5) is 18.9 Å². The standard InChI is InChI=1S/C20H18F3N3O5/c1-11(27)24-8-12-2-4-13(5-3-12)20(30)31-10-17(29)25-9-16(28)26-15-7-6-14(21)18(22)19(15)23/h2-7H,8-10H2,1H3,(H,24,27)(H,25,29)(H,26,28). The number of carbonyl (C=O) groups is 4. The minimum atomic E-state index is -1.74. The predicted molar refractivity (Wildman–Crippen MR) is 102 cm³/mol. The van der Waals surface area contributed by atoms with Crippen molar-refractivity contribution in [3.05, 3.63) is 65.0 Å². The lowest BCUT2D eigenvalue weighted by molar-refractivity contribution is -0.126. The second-order valence-corrected chi connectivity index (χ2v) is 6.23. The maximum Gasteiger partial charge on any atom is 0.338 e. The summed E-state index contributed by atoms with van der Waals surface area (Å²) in [5.41, 5.74) is 0.338. The van der Waals surface area contributed by atoms with E-state index >= 15 is 0 Å². The van der Waals surface area contributed by atoms with Crippen LogP contribution in [0.5, 0.6) is 0 Å². The lowest BCUT2D eigenvalue weighted by Crippen LogP contribution is -2.35. The van der Waals surface area contributed by atoms with Crippen LogP contribution < -0.4 is 16.0 Å². The topological polar surface area (TPSA) is 114 Å². The molecule has 164 valence electrons. The van der Waals surface area contributed by atoms with Gasteiger partial charge in [-0.1, -0.05) is 12.1 Å². The maximum absolute atomic E-state index is 13.5. The van der Waals surface area contributed by atoms with Crippen LogP contribution in [0.15, 0.2) is 36.4 Å². The summed E-state index contributed by atoms with van der Waals surface area (Å²) in [6.45, 7) is 0.372. The van der Waals surface area contributed by atoms with Gasteiger partial charge >= 0.3 is 5.97 Å². The summed E-state index contributed by atoms with van der Waals surface area (Å²) < 4.78 is 44.3. The van der Waals surface area contributed by atoms with Gasteiger partial charge < -0.3 is 20.7 Å². The Balaban J connectivity index is 1.76. The van der Waals surface area contributed by atoms with Gasteiger partial charge in [0.25, 0.3) is 5.91 Å². The van der Waals surface area contributed by atoms with Crippen molar-refractivity contribution in [3.63, 3.8) is 0 Å². The van der Waals surface area contributed by atoms with Gasteiger partial charge in [-0.2, -0.15) is 0 Å². The van der Waals surface area contributed by atoms with Crippen molar-refractivity contribution in [2.24, 2.45) is 0 Å². The second-order valence-electron chi connectivity index (χ2n) is 6.23. The first kappa shape index (κ1) is 23.4. The summed E-state index contributed by atoms with van der Waals surface area (Å²) in [5.74, 6) is -7.41. The highest BCUT2D eigenvalue weighted by atomic mass is 19.2. The molecule has 2 rings (SSSR count). The Bertz CT molecular complexity index is 996. The van der Waals surface area contributed by atoms with E-state index in [1.54, 1.807) is 12.1 Å². The predicted octanol–water partition coefficient (Wildman–Crippen LogP) is 1.65. The largest absolute Gasteiger partial charge is 0.452 e. The van der Waals surface area contributed by atoms with Crippen molar-refractivity contribution in [2.45, 2.75) is 13.5 Å². The Labute approximate surface area is 174 Å². The van der Waals surface area contributed by atoms with Crippen LogP contribution in [-0.4, -0.2) is 36.8 Å². The molecule has 0 heterocycles. The average Bonchev–Trinajstić information content (AvgIpc) is 2.75. The van der Waals surface area contributed by atoms with E-state index in [4.69, 9.17) is 4.74 Å². The van der Waals surface area contributed by atoms with Crippen molar-refractivity contribution >= 4 is 29.4 Å². The minimum absolute atomic E-state index is 0.172. The van der Waals surface area contributed by atoms with Crippen molar-refractivity contribution < 1.29 is 37.1 Å². The molecule has 0 aromatic heterocycles. The number of rotatable bonds is 8. The van der Waals surface area contributed by atoms with Crippen molar-refractivity contribution in [2.75, 3.05) is 18.5 Å². The molecule has 2 aromatic rings. The Morgan fingerprint density at radius 2 is 1.55 bits per heavy atom. The maximum atomic E-state index is 13.5. The van der Waals surface area contributed by atoms with Crippen LogP contribution in [0.1, 0.15) is 22.8 Å². The highest BCUT2D eigenvalue weighted by Gasteiger charge is 2.16. The third kappa shape index (κ3) is 7.14. The molecule has 0 aliphatic rings. The molecular formula is C20H18F3N3O5. The SMILES string of the molecule is CC(=O)NCc1ccc(C(=O)OCC(=O)NCC(=O)Nc2ccc(F)c(F)c2F)cc1. The van der Waals surface area contributed by atoms with E-state index in [1.807, 2.05) is 5.32 Å². The normalized spacial score (nSPS) is 10.2. The molecule has 8 nitrogen and oxygen atoms in total. The van der Waals surface area contributed by atoms with Crippen LogP contribution in [0.3, 0.4) is 0 Å². The molecule has 0 saturated carbocycles. The number of ether oxygens (including phenoxy) is 1. The molecule has 0 aliphatic carbocycles. The molecule has 0 aliphatic heterocycles. The van der Waals surface area contributed by atoms with Crippen LogP contribution in [0.25, 0.3) is 0 Å². The van der Waals surface area contributed by atoms with E-state index in [9.17, 15) is 32.3 Å². The Hall–Kier alpha value is -3.89. The second kappa shape index (κ2) is 10.8. The van der Waals surface area contributed by atoms with Crippen molar-refractivity contribution in [1.29, 1.82) is 0 Å². The van der Waals surface area contributed by atoms with Crippen molar-refractivity contribution in [1.82, 2.24) is 10.6 Å². The smallest absolute Gasteiger partial charge is 0.338 e. The Morgan fingerprint density at radius 3 is 2.19 bits per heavy atom. The molecule has 0 radical (unpaired) electrons. The monoisotopic (exact) mass is 437 g/mol. The van der Waals surface area contributed by atoms with Crippen LogP contribution in [0, 0.1) is 17.5 Å². The molecular weight excluding hydrogens is 419 g/mol. The molecule has 3 amide bonds. The number of hydrogen-bond acceptors (Lipinski definition) is 5. The van der Waals surface area contributed by atoms with Crippen molar-refractivity contribution in [3.8, 4) is 0 Å². The fraction of sp³-hybridized carbons (Fsp3) is 0.200. The van der Waals surface area contributed by atoms with Gasteiger partial charge in [-0.15, -0.1) is 0 Å². The van der Waals surface area contributed by atoms with Gasteiger partial charge in [0.15, 0.2) is 24.1 Å². The summed E-state index contributed by atoms with van der Waals surface area (Å²) >= 11 is 0. The Kier molecular flexibility index (Phi) is 8.12. The summed E-state index contributed by atoms with van der Waals surface area (Å²) in [6.07, 6.45) is 0. The molecule has 0 atom stereocenters. The lowest BCUT2D eigenvalue weighted by atomic mass is 10.1. The molecule has 2 aromatic carbocycles. The van der Waals surface area contributed by atoms with Gasteiger partial charge in [0, 0.05) is 13.5 Å². The lowest BCUT2D eigenvalue weighted by Gasteiger charge is -2.09. The molecule has 0 spiro atoms. The third-order valence-corrected chi connectivity index (χ3v) is 3.82. The van der Waals surface area contributed by atoms with Crippen LogP contribution in [-0.2, 0) is 25.7 Å². The van der Waals surface area contributed by atoms with E-state index in [-0.39, 0.29) is 11.5 Å². The number of esters is 1. The molecule has 3 N–H and O–H groups in total. The quantitative estimate of drug-likeness (QED) is 0.429. The van der Waals surface area contributed by atoms with Crippen LogP contribution >= 0.6 is 0 Å². The summed E-state index contributed by atoms with van der Waals surface area (Å²) in [6, 6.07) is 7.60. The fourth-order valence-electron chi connectivity index (χ4n) is 2.25. The first-order chi connectivity index (χ1) is 14.7. The van der Waals surface area contributed by atoms with Gasteiger partial charge in [-0.3, -0.25) is 14.4 Å². The summed E-state index contributed by atoms with van der Waals surface area (Å²) in [7, 11) is 0. The van der Waals surface area contributed by atoms with Gasteiger partial charge in [0.05, 0.1) is 17.8 Å². The molecule has 31 heavy (non-hydrogen) atoms. The first-order valence-corrected chi connectivity index (χ1v) is 8.88. The van der Waals surface area contributed by atoms with E-state index in [1.165, 1.54) is 19.1 Å². The zero-order valence-corrected chi connectivity index (χ0v) is 16.3. The fourth-order valence-corrected chi connectivity index (χ4v) is 2.25. The zero-order chi connectivity index (χ0) is 23.0. The average molecular weight is 437 g/mol. The van der Waals surface area contributed by atoms with E-state index in [0.29, 0.717) is 12.6 Å². The van der Waals surface area contributed by atoms with Gasteiger partial charge in [0.2, 0.25) is 11.8 Å². The zero-order valence-electron chi connectivity index (χ0n) is 16.3. The summed E-state index contributed by atoms with van der Waals surface area (Å²) in [5, 5.41) is 6.71. The molecule has 0 fully saturated rings. The highest BCUT2D eigenvalue weighted by molar-refractivity contribution is 5.95. The minimum Gasteiger partial charge on any atom is -0.452 e. The third-order valence-electron chi connectivity index (χ3n) is 3.82. The summed E-state index contributed by atoms with van der Waals surface area (Å²) in [4.78, 5) is 46.2. The Morgan fingerprint density at radius 1 is 0.871 bits per heavy atom. The van der Waals surface area contributed by atoms with Crippen LogP contribution in [0.2, 0.25) is 0 Å². The van der Waals surface area contributed by atoms with E-state index in [0.717, 1.165) is 11.6 Å². The van der Waals surface area contributed by atoms with Gasteiger partial charge in [0.1, 0.15) is 0 Å². The highest BCUT2D eigenvalue weighted by Crippen LogP contribution is 2.19. The van der Waals surface area contributed by atoms with Gasteiger partial charge in [-0.05, 0) is 29.8 Å². The molecule has 11 heteroatoms. The number of halogens is 3. The number of nitrogens with one attached hydrogen (secondary N) is 3. The number of hydrogen-bond donors (Lipinski definition) is 3. The van der Waals surface area contributed by atoms with Gasteiger partial charge in [-0.25, -0.2) is 18.0 Å². The molecule has 0 saturated heterocycles. The molecule has 0 unspecified atom stereocenters. The number of carbonyl (C=O) groups excluding carboxylic acids is 4. The number of amides is 3. The number of benzene rings is 2. The first-order valence-electron chi connectivity index (χ1n) is 8.88. The van der Waals surface area contributed by atoms with E-state index < -0.39 is 54.1 Å². The molecule has 0 bridgehead atoms.